The van der Waals surface area contributed by atoms with E-state index in [1.54, 1.807) is 6.20 Å². The molecule has 1 N–H and O–H groups in total. The van der Waals surface area contributed by atoms with Crippen LogP contribution in [0.1, 0.15) is 62.0 Å². The minimum atomic E-state index is 0.128. The van der Waals surface area contributed by atoms with Crippen molar-refractivity contribution in [3.8, 4) is 11.1 Å². The van der Waals surface area contributed by atoms with Gasteiger partial charge in [-0.25, -0.2) is 4.98 Å². The summed E-state index contributed by atoms with van der Waals surface area (Å²) >= 11 is 0. The number of amides is 1. The Bertz CT molecular complexity index is 1040. The number of hydrogen-bond donors (Lipinski definition) is 1. The lowest BCUT2D eigenvalue weighted by Gasteiger charge is -2.28. The average molecular weight is 435 g/mol. The van der Waals surface area contributed by atoms with Crippen molar-refractivity contribution in [3.05, 3.63) is 54.1 Å². The molecule has 1 aliphatic carbocycles. The van der Waals surface area contributed by atoms with E-state index >= 15 is 0 Å². The van der Waals surface area contributed by atoms with Gasteiger partial charge in [0.05, 0.1) is 5.69 Å². The van der Waals surface area contributed by atoms with Crippen LogP contribution in [-0.4, -0.2) is 36.8 Å². The topological polar surface area (TPSA) is 77.6 Å². The first-order valence-corrected chi connectivity index (χ1v) is 11.8. The number of carbonyl (C=O) groups is 1. The van der Waals surface area contributed by atoms with Gasteiger partial charge in [0, 0.05) is 75.4 Å². The van der Waals surface area contributed by atoms with Crippen LogP contribution >= 0.6 is 0 Å². The Morgan fingerprint density at radius 1 is 1.19 bits per heavy atom. The maximum atomic E-state index is 12.3. The Labute approximate surface area is 190 Å². The van der Waals surface area contributed by atoms with Crippen molar-refractivity contribution in [2.24, 2.45) is 13.0 Å². The smallest absolute Gasteiger partial charge is 0.221 e. The van der Waals surface area contributed by atoms with Crippen LogP contribution in [0, 0.1) is 12.8 Å². The Balaban J connectivity index is 1.28. The number of nitrogens with zero attached hydrogens (tertiary/aromatic N) is 5. The number of pyridine rings is 1. The summed E-state index contributed by atoms with van der Waals surface area (Å²) in [4.78, 5) is 20.9. The molecule has 0 atom stereocenters. The second kappa shape index (κ2) is 10.1. The monoisotopic (exact) mass is 434 g/mol. The van der Waals surface area contributed by atoms with E-state index in [1.165, 1.54) is 22.4 Å². The molecule has 1 fully saturated rings. The standard InChI is InChI=1S/C25H34N6O/c1-4-23-27-12-14-31(23)13-10-24(32)28-16-19-5-7-20(8-6-19)25-22(17-30(3)29-25)21-9-11-26-15-18(21)2/h9,11-12,14-15,17,19-20H,4-8,10,13,16H2,1-3H3,(H,28,32). The fraction of sp³-hybridized carbons (Fsp3) is 0.520. The molecular weight excluding hydrogens is 400 g/mol. The predicted octanol–water partition coefficient (Wildman–Crippen LogP) is 4.03. The molecule has 0 aliphatic heterocycles. The van der Waals surface area contributed by atoms with E-state index in [-0.39, 0.29) is 5.91 Å². The quantitative estimate of drug-likeness (QED) is 0.581. The maximum Gasteiger partial charge on any atom is 0.221 e. The average Bonchev–Trinajstić information content (AvgIpc) is 3.43. The van der Waals surface area contributed by atoms with Crippen molar-refractivity contribution in [1.29, 1.82) is 0 Å². The molecule has 1 aliphatic rings. The molecule has 1 saturated carbocycles. The van der Waals surface area contributed by atoms with E-state index in [2.05, 4.69) is 46.0 Å². The number of imidazole rings is 1. The van der Waals surface area contributed by atoms with Gasteiger partial charge >= 0.3 is 0 Å². The molecule has 7 heteroatoms. The first kappa shape index (κ1) is 22.2. The molecule has 0 aromatic carbocycles. The van der Waals surface area contributed by atoms with Crippen molar-refractivity contribution >= 4 is 5.91 Å². The van der Waals surface area contributed by atoms with Crippen LogP contribution in [0.4, 0.5) is 0 Å². The number of nitrogens with one attached hydrogen (secondary N) is 1. The molecule has 3 heterocycles. The summed E-state index contributed by atoms with van der Waals surface area (Å²) in [5, 5.41) is 7.99. The Morgan fingerprint density at radius 3 is 2.75 bits per heavy atom. The van der Waals surface area contributed by atoms with Gasteiger partial charge in [-0.05, 0) is 55.7 Å². The summed E-state index contributed by atoms with van der Waals surface area (Å²) in [6.45, 7) is 5.66. The van der Waals surface area contributed by atoms with Crippen molar-refractivity contribution in [2.75, 3.05) is 6.54 Å². The maximum absolute atomic E-state index is 12.3. The van der Waals surface area contributed by atoms with Crippen molar-refractivity contribution < 1.29 is 4.79 Å². The molecule has 32 heavy (non-hydrogen) atoms. The Kier molecular flexibility index (Phi) is 7.02. The largest absolute Gasteiger partial charge is 0.356 e. The Morgan fingerprint density at radius 2 is 2.00 bits per heavy atom. The van der Waals surface area contributed by atoms with Gasteiger partial charge in [0.25, 0.3) is 0 Å². The van der Waals surface area contributed by atoms with E-state index in [1.807, 2.05) is 30.3 Å². The number of hydrogen-bond acceptors (Lipinski definition) is 4. The molecule has 4 rings (SSSR count). The molecule has 0 saturated heterocycles. The number of rotatable bonds is 8. The molecule has 0 radical (unpaired) electrons. The van der Waals surface area contributed by atoms with Crippen LogP contribution in [0.15, 0.2) is 37.1 Å². The summed E-state index contributed by atoms with van der Waals surface area (Å²) in [7, 11) is 2.00. The third kappa shape index (κ3) is 5.09. The molecule has 170 valence electrons. The van der Waals surface area contributed by atoms with Gasteiger partial charge in [0.2, 0.25) is 5.91 Å². The summed E-state index contributed by atoms with van der Waals surface area (Å²) in [5.74, 6) is 2.18. The third-order valence-electron chi connectivity index (χ3n) is 6.69. The van der Waals surface area contributed by atoms with E-state index in [9.17, 15) is 4.79 Å². The van der Waals surface area contributed by atoms with Gasteiger partial charge in [-0.2, -0.15) is 5.10 Å². The first-order chi connectivity index (χ1) is 15.5. The lowest BCUT2D eigenvalue weighted by molar-refractivity contribution is -0.121. The molecule has 3 aromatic rings. The number of aryl methyl sites for hydroxylation is 4. The van der Waals surface area contributed by atoms with E-state index in [4.69, 9.17) is 5.10 Å². The predicted molar refractivity (Wildman–Crippen MR) is 125 cm³/mol. The zero-order chi connectivity index (χ0) is 22.5. The van der Waals surface area contributed by atoms with Crippen LogP contribution < -0.4 is 5.32 Å². The molecule has 3 aromatic heterocycles. The highest BCUT2D eigenvalue weighted by atomic mass is 16.1. The van der Waals surface area contributed by atoms with Crippen molar-refractivity contribution in [2.45, 2.75) is 64.8 Å². The summed E-state index contributed by atoms with van der Waals surface area (Å²) < 4.78 is 4.00. The van der Waals surface area contributed by atoms with Crippen LogP contribution in [0.2, 0.25) is 0 Å². The van der Waals surface area contributed by atoms with Crippen molar-refractivity contribution in [1.82, 2.24) is 29.6 Å². The van der Waals surface area contributed by atoms with E-state index < -0.39 is 0 Å². The lowest BCUT2D eigenvalue weighted by Crippen LogP contribution is -2.31. The van der Waals surface area contributed by atoms with Crippen molar-refractivity contribution in [3.63, 3.8) is 0 Å². The molecule has 0 unspecified atom stereocenters. The second-order valence-electron chi connectivity index (χ2n) is 8.95. The summed E-state index contributed by atoms with van der Waals surface area (Å²) in [5.41, 5.74) is 4.84. The molecule has 0 spiro atoms. The zero-order valence-electron chi connectivity index (χ0n) is 19.4. The van der Waals surface area contributed by atoms with E-state index in [0.717, 1.165) is 44.5 Å². The lowest BCUT2D eigenvalue weighted by atomic mass is 9.79. The first-order valence-electron chi connectivity index (χ1n) is 11.8. The minimum Gasteiger partial charge on any atom is -0.356 e. The van der Waals surface area contributed by atoms with Crippen LogP contribution in [0.5, 0.6) is 0 Å². The van der Waals surface area contributed by atoms with Gasteiger partial charge in [0.1, 0.15) is 5.82 Å². The molecule has 1 amide bonds. The molecule has 7 nitrogen and oxygen atoms in total. The van der Waals surface area contributed by atoms with Crippen LogP contribution in [0.3, 0.4) is 0 Å². The SMILES string of the molecule is CCc1nccn1CCC(=O)NCC1CCC(c2nn(C)cc2-c2ccncc2C)CC1. The van der Waals surface area contributed by atoms with Crippen LogP contribution in [-0.2, 0) is 24.8 Å². The summed E-state index contributed by atoms with van der Waals surface area (Å²) in [6, 6.07) is 2.09. The fourth-order valence-corrected chi connectivity index (χ4v) is 4.86. The Hall–Kier alpha value is -2.96. The number of aromatic nitrogens is 5. The van der Waals surface area contributed by atoms with Gasteiger partial charge in [-0.3, -0.25) is 14.5 Å². The van der Waals surface area contributed by atoms with Gasteiger partial charge in [-0.1, -0.05) is 6.92 Å². The number of carbonyl (C=O) groups excluding carboxylic acids is 1. The van der Waals surface area contributed by atoms with E-state index in [0.29, 0.717) is 24.8 Å². The zero-order valence-corrected chi connectivity index (χ0v) is 19.4. The third-order valence-corrected chi connectivity index (χ3v) is 6.69. The van der Waals surface area contributed by atoms with Gasteiger partial charge in [-0.15, -0.1) is 0 Å². The summed E-state index contributed by atoms with van der Waals surface area (Å²) in [6.07, 6.45) is 15.5. The highest BCUT2D eigenvalue weighted by molar-refractivity contribution is 5.75. The normalized spacial score (nSPS) is 18.6. The van der Waals surface area contributed by atoms with Gasteiger partial charge < -0.3 is 9.88 Å². The van der Waals surface area contributed by atoms with Gasteiger partial charge in [0.15, 0.2) is 0 Å². The van der Waals surface area contributed by atoms with Crippen LogP contribution in [0.25, 0.3) is 11.1 Å². The molecule has 0 bridgehead atoms. The minimum absolute atomic E-state index is 0.128. The molecular formula is C25H34N6O. The second-order valence-corrected chi connectivity index (χ2v) is 8.95. The highest BCUT2D eigenvalue weighted by Crippen LogP contribution is 2.39. The highest BCUT2D eigenvalue weighted by Gasteiger charge is 2.27. The fourth-order valence-electron chi connectivity index (χ4n) is 4.86.